The first kappa shape index (κ1) is 22.0. The van der Waals surface area contributed by atoms with Crippen LogP contribution >= 0.6 is 10.2 Å². The minimum Gasteiger partial charge on any atom is -0.459 e. The van der Waals surface area contributed by atoms with Crippen molar-refractivity contribution in [2.24, 2.45) is 0 Å². The van der Waals surface area contributed by atoms with Crippen molar-refractivity contribution in [3.8, 4) is 6.07 Å². The Morgan fingerprint density at radius 3 is 2.03 bits per heavy atom. The van der Waals surface area contributed by atoms with Crippen molar-refractivity contribution >= 4 is 16.2 Å². The summed E-state index contributed by atoms with van der Waals surface area (Å²) in [5.74, 6) is -1.62. The molecule has 0 amide bonds. The Labute approximate surface area is 169 Å². The Morgan fingerprint density at radius 2 is 1.53 bits per heavy atom. The molecule has 0 saturated carbocycles. The van der Waals surface area contributed by atoms with Gasteiger partial charge in [0.1, 0.15) is 12.6 Å². The molecular formula is C19H17F5N2O3S. The highest BCUT2D eigenvalue weighted by molar-refractivity contribution is 8.46. The number of hydrogen-bond donors (Lipinski definition) is 0. The monoisotopic (exact) mass is 448 g/mol. The van der Waals surface area contributed by atoms with Crippen LogP contribution in [0.4, 0.5) is 19.4 Å². The minimum absolute atomic E-state index is 0.397. The predicted octanol–water partition coefficient (Wildman–Crippen LogP) is 5.11. The quantitative estimate of drug-likeness (QED) is 0.454. The summed E-state index contributed by atoms with van der Waals surface area (Å²) in [6.45, 7) is -0.825. The van der Waals surface area contributed by atoms with Gasteiger partial charge in [-0.1, -0.05) is 80.1 Å². The third-order valence-electron chi connectivity index (χ3n) is 4.45. The highest BCUT2D eigenvalue weighted by Gasteiger charge is 2.79. The molecular weight excluding hydrogens is 431 g/mol. The third-order valence-corrected chi connectivity index (χ3v) is 5.99. The lowest BCUT2D eigenvalue weighted by Gasteiger charge is -2.46. The summed E-state index contributed by atoms with van der Waals surface area (Å²) >= 11 is 0. The van der Waals surface area contributed by atoms with Crippen LogP contribution in [0.1, 0.15) is 11.1 Å². The van der Waals surface area contributed by atoms with E-state index in [1.165, 1.54) is 18.2 Å². The zero-order chi connectivity index (χ0) is 22.1. The largest absolute Gasteiger partial charge is 0.459 e. The number of benzene rings is 2. The molecule has 3 rings (SSSR count). The smallest absolute Gasteiger partial charge is 0.339 e. The van der Waals surface area contributed by atoms with Crippen LogP contribution in [0.5, 0.6) is 0 Å². The first-order valence-electron chi connectivity index (χ1n) is 8.69. The maximum Gasteiger partial charge on any atom is 0.339 e. The fourth-order valence-corrected chi connectivity index (χ4v) is 4.41. The molecule has 0 bridgehead atoms. The lowest BCUT2D eigenvalue weighted by molar-refractivity contribution is -0.190. The number of rotatable bonds is 6. The Hall–Kier alpha value is -2.68. The standard InChI is InChI=1S/C19H17F5N2O3S/c20-30(21,22,23,24)18-16(11-25)26(12-14-7-3-1-4-8-14)29-17(18)19(27)28-13-15-9-5-2-6-10-15/h1-10,16-18H,12-13H2/t16?,17-,18-/m0/s1. The van der Waals surface area contributed by atoms with Crippen LogP contribution < -0.4 is 0 Å². The number of carbonyl (C=O) groups excluding carboxylic acids is 1. The summed E-state index contributed by atoms with van der Waals surface area (Å²) in [7, 11) is -10.3. The van der Waals surface area contributed by atoms with E-state index in [-0.39, 0.29) is 0 Å². The molecule has 0 N–H and O–H groups in total. The second-order valence-electron chi connectivity index (χ2n) is 6.75. The maximum atomic E-state index is 13.8. The van der Waals surface area contributed by atoms with Gasteiger partial charge in [0, 0.05) is 0 Å². The van der Waals surface area contributed by atoms with Gasteiger partial charge in [-0.2, -0.15) is 10.3 Å². The van der Waals surface area contributed by atoms with E-state index >= 15 is 0 Å². The molecule has 1 aliphatic rings. The lowest BCUT2D eigenvalue weighted by Crippen LogP contribution is -2.45. The van der Waals surface area contributed by atoms with E-state index in [1.807, 2.05) is 0 Å². The molecule has 3 atom stereocenters. The molecule has 0 aliphatic carbocycles. The van der Waals surface area contributed by atoms with Crippen LogP contribution in [0.3, 0.4) is 0 Å². The molecule has 0 radical (unpaired) electrons. The highest BCUT2D eigenvalue weighted by atomic mass is 32.5. The average Bonchev–Trinajstić information content (AvgIpc) is 3.06. The van der Waals surface area contributed by atoms with Crippen molar-refractivity contribution in [2.75, 3.05) is 0 Å². The van der Waals surface area contributed by atoms with Gasteiger partial charge in [0.15, 0.2) is 11.4 Å². The number of nitriles is 1. The molecule has 2 aromatic rings. The van der Waals surface area contributed by atoms with Crippen LogP contribution in [-0.4, -0.2) is 28.4 Å². The fraction of sp³-hybridized carbons (Fsp3) is 0.263. The average molecular weight is 448 g/mol. The first-order valence-corrected chi connectivity index (χ1v) is 10.7. The van der Waals surface area contributed by atoms with E-state index in [0.29, 0.717) is 16.2 Å². The summed E-state index contributed by atoms with van der Waals surface area (Å²) in [6.07, 6.45) is -2.70. The lowest BCUT2D eigenvalue weighted by atomic mass is 10.1. The van der Waals surface area contributed by atoms with Crippen LogP contribution in [-0.2, 0) is 27.5 Å². The molecule has 0 spiro atoms. The van der Waals surface area contributed by atoms with E-state index in [0.717, 1.165) is 0 Å². The second-order valence-corrected chi connectivity index (χ2v) is 9.35. The summed E-state index contributed by atoms with van der Waals surface area (Å²) in [5.41, 5.74) is 0.864. The molecule has 1 heterocycles. The van der Waals surface area contributed by atoms with E-state index in [2.05, 4.69) is 0 Å². The third kappa shape index (κ3) is 5.08. The van der Waals surface area contributed by atoms with Crippen molar-refractivity contribution in [3.05, 3.63) is 71.8 Å². The number of halogens is 5. The van der Waals surface area contributed by atoms with Crippen LogP contribution in [0, 0.1) is 11.3 Å². The van der Waals surface area contributed by atoms with Crippen molar-refractivity contribution in [3.63, 3.8) is 0 Å². The molecule has 1 aliphatic heterocycles. The van der Waals surface area contributed by atoms with Gasteiger partial charge in [-0.15, -0.1) is 0 Å². The summed E-state index contributed by atoms with van der Waals surface area (Å²) in [6, 6.07) is 14.7. The first-order chi connectivity index (χ1) is 13.9. The number of ether oxygens (including phenoxy) is 1. The van der Waals surface area contributed by atoms with Gasteiger partial charge in [0.25, 0.3) is 10.2 Å². The van der Waals surface area contributed by atoms with Gasteiger partial charge in [-0.05, 0) is 11.1 Å². The molecule has 11 heteroatoms. The van der Waals surface area contributed by atoms with Crippen molar-refractivity contribution in [1.29, 1.82) is 5.26 Å². The van der Waals surface area contributed by atoms with Gasteiger partial charge in [-0.3, -0.25) is 4.84 Å². The Bertz CT molecular complexity index is 952. The molecule has 162 valence electrons. The van der Waals surface area contributed by atoms with Gasteiger partial charge in [0.2, 0.25) is 0 Å². The second kappa shape index (κ2) is 7.23. The topological polar surface area (TPSA) is 62.6 Å². The van der Waals surface area contributed by atoms with Gasteiger partial charge < -0.3 is 4.74 Å². The summed E-state index contributed by atoms with van der Waals surface area (Å²) in [5, 5.41) is 6.09. The van der Waals surface area contributed by atoms with Gasteiger partial charge >= 0.3 is 5.97 Å². The zero-order valence-electron chi connectivity index (χ0n) is 15.3. The minimum atomic E-state index is -10.3. The molecule has 5 nitrogen and oxygen atoms in total. The number of hydroxylamine groups is 2. The fourth-order valence-electron chi connectivity index (χ4n) is 3.10. The molecule has 0 aromatic heterocycles. The molecule has 2 aromatic carbocycles. The zero-order valence-corrected chi connectivity index (χ0v) is 16.2. The number of esters is 1. The SMILES string of the molecule is N#CC1[C@H](S(F)(F)(F)(F)F)[C@@H](C(=O)OCc2ccccc2)ON1Cc1ccccc1. The number of nitrogens with zero attached hydrogens (tertiary/aromatic N) is 2. The molecule has 1 saturated heterocycles. The van der Waals surface area contributed by atoms with Crippen molar-refractivity contribution in [2.45, 2.75) is 30.5 Å². The summed E-state index contributed by atoms with van der Waals surface area (Å²) in [4.78, 5) is 17.3. The molecule has 1 fully saturated rings. The normalized spacial score (nSPS) is 24.5. The van der Waals surface area contributed by atoms with Crippen LogP contribution in [0.2, 0.25) is 0 Å². The van der Waals surface area contributed by atoms with E-state index in [9.17, 15) is 29.5 Å². The Morgan fingerprint density at radius 1 is 1.00 bits per heavy atom. The van der Waals surface area contributed by atoms with E-state index in [1.54, 1.807) is 48.5 Å². The van der Waals surface area contributed by atoms with E-state index < -0.39 is 46.7 Å². The van der Waals surface area contributed by atoms with E-state index in [4.69, 9.17) is 9.57 Å². The number of carbonyl (C=O) groups is 1. The Kier molecular flexibility index (Phi) is 5.30. The predicted molar refractivity (Wildman–Crippen MR) is 99.4 cm³/mol. The molecule has 1 unspecified atom stereocenters. The molecule has 30 heavy (non-hydrogen) atoms. The van der Waals surface area contributed by atoms with Gasteiger partial charge in [-0.25, -0.2) is 4.79 Å². The van der Waals surface area contributed by atoms with Crippen LogP contribution in [0.15, 0.2) is 60.7 Å². The highest BCUT2D eigenvalue weighted by Crippen LogP contribution is 3.01. The van der Waals surface area contributed by atoms with Crippen molar-refractivity contribution < 1.29 is 33.8 Å². The number of hydrogen-bond acceptors (Lipinski definition) is 5. The van der Waals surface area contributed by atoms with Crippen LogP contribution in [0.25, 0.3) is 0 Å². The van der Waals surface area contributed by atoms with Gasteiger partial charge in [0.05, 0.1) is 12.6 Å². The summed E-state index contributed by atoms with van der Waals surface area (Å²) < 4.78 is 73.7. The van der Waals surface area contributed by atoms with Crippen molar-refractivity contribution in [1.82, 2.24) is 5.06 Å². The Balaban J connectivity index is 1.88. The maximum absolute atomic E-state index is 13.8.